The quantitative estimate of drug-likeness (QED) is 0.737. The third-order valence-corrected chi connectivity index (χ3v) is 4.21. The molecule has 1 N–H and O–H groups in total. The number of nitrogens with one attached hydrogen (secondary N) is 1. The first kappa shape index (κ1) is 13.7. The van der Waals surface area contributed by atoms with Gasteiger partial charge in [0.15, 0.2) is 0 Å². The molecular formula is C14H25NS. The van der Waals surface area contributed by atoms with Crippen LogP contribution in [0.15, 0.2) is 11.4 Å². The number of thiophene rings is 1. The van der Waals surface area contributed by atoms with Crippen LogP contribution in [0.5, 0.6) is 0 Å². The molecule has 16 heavy (non-hydrogen) atoms. The van der Waals surface area contributed by atoms with E-state index in [2.05, 4.69) is 44.5 Å². The van der Waals surface area contributed by atoms with Gasteiger partial charge in [0.25, 0.3) is 0 Å². The summed E-state index contributed by atoms with van der Waals surface area (Å²) < 4.78 is 0. The lowest BCUT2D eigenvalue weighted by Gasteiger charge is -2.25. The summed E-state index contributed by atoms with van der Waals surface area (Å²) >= 11 is 1.90. The van der Waals surface area contributed by atoms with Crippen LogP contribution in [-0.2, 0) is 0 Å². The summed E-state index contributed by atoms with van der Waals surface area (Å²) in [6, 6.07) is 2.79. The maximum atomic E-state index is 3.71. The second-order valence-electron chi connectivity index (χ2n) is 4.67. The molecule has 1 heterocycles. The highest BCUT2D eigenvalue weighted by molar-refractivity contribution is 7.10. The standard InChI is InChI=1S/C14H25NS/c1-5-7-11(3)13(15-9-6-2)14-12(4)8-10-16-14/h8,10-11,13,15H,5-7,9H2,1-4H3. The summed E-state index contributed by atoms with van der Waals surface area (Å²) in [7, 11) is 0. The van der Waals surface area contributed by atoms with Crippen molar-refractivity contribution >= 4 is 11.3 Å². The van der Waals surface area contributed by atoms with Crippen LogP contribution < -0.4 is 5.32 Å². The van der Waals surface area contributed by atoms with E-state index in [1.54, 1.807) is 0 Å². The van der Waals surface area contributed by atoms with Gasteiger partial charge < -0.3 is 5.32 Å². The second kappa shape index (κ2) is 7.08. The van der Waals surface area contributed by atoms with E-state index in [-0.39, 0.29) is 0 Å². The molecule has 0 aliphatic carbocycles. The van der Waals surface area contributed by atoms with Gasteiger partial charge in [0.1, 0.15) is 0 Å². The van der Waals surface area contributed by atoms with Crippen LogP contribution in [0.1, 0.15) is 56.5 Å². The Morgan fingerprint density at radius 3 is 2.56 bits per heavy atom. The number of hydrogen-bond acceptors (Lipinski definition) is 2. The van der Waals surface area contributed by atoms with Crippen LogP contribution in [0.4, 0.5) is 0 Å². The van der Waals surface area contributed by atoms with E-state index in [1.807, 2.05) is 11.3 Å². The lowest BCUT2D eigenvalue weighted by molar-refractivity contribution is 0.367. The fourth-order valence-corrected chi connectivity index (χ4v) is 3.31. The van der Waals surface area contributed by atoms with Gasteiger partial charge in [-0.2, -0.15) is 0 Å². The Morgan fingerprint density at radius 2 is 2.06 bits per heavy atom. The highest BCUT2D eigenvalue weighted by Crippen LogP contribution is 2.31. The Hall–Kier alpha value is -0.340. The first-order chi connectivity index (χ1) is 7.70. The monoisotopic (exact) mass is 239 g/mol. The number of hydrogen-bond donors (Lipinski definition) is 1. The molecule has 0 aliphatic rings. The van der Waals surface area contributed by atoms with Crippen LogP contribution in [0, 0.1) is 12.8 Å². The Kier molecular flexibility index (Phi) is 6.07. The van der Waals surface area contributed by atoms with Gasteiger partial charge in [0.05, 0.1) is 0 Å². The van der Waals surface area contributed by atoms with Crippen LogP contribution in [0.2, 0.25) is 0 Å². The Bertz CT molecular complexity index is 293. The molecule has 0 bridgehead atoms. The predicted octanol–water partition coefficient (Wildman–Crippen LogP) is 4.53. The van der Waals surface area contributed by atoms with Crippen molar-refractivity contribution in [1.82, 2.24) is 5.32 Å². The summed E-state index contributed by atoms with van der Waals surface area (Å²) in [5.41, 5.74) is 1.45. The van der Waals surface area contributed by atoms with Gasteiger partial charge in [-0.25, -0.2) is 0 Å². The molecule has 0 amide bonds. The summed E-state index contributed by atoms with van der Waals surface area (Å²) in [6.07, 6.45) is 3.79. The molecule has 0 aromatic carbocycles. The minimum atomic E-state index is 0.555. The summed E-state index contributed by atoms with van der Waals surface area (Å²) in [5, 5.41) is 5.92. The topological polar surface area (TPSA) is 12.0 Å². The Morgan fingerprint density at radius 1 is 1.31 bits per heavy atom. The number of aryl methyl sites for hydroxylation is 1. The first-order valence-electron chi connectivity index (χ1n) is 6.48. The summed E-state index contributed by atoms with van der Waals surface area (Å²) in [6.45, 7) is 10.2. The largest absolute Gasteiger partial charge is 0.309 e. The second-order valence-corrected chi connectivity index (χ2v) is 5.61. The average Bonchev–Trinajstić information content (AvgIpc) is 2.66. The third kappa shape index (κ3) is 3.60. The molecule has 0 aliphatic heterocycles. The van der Waals surface area contributed by atoms with Crippen LogP contribution >= 0.6 is 11.3 Å². The molecule has 0 saturated carbocycles. The molecule has 2 heteroatoms. The maximum Gasteiger partial charge on any atom is 0.0443 e. The minimum absolute atomic E-state index is 0.555. The molecule has 2 atom stereocenters. The van der Waals surface area contributed by atoms with Crippen molar-refractivity contribution in [3.8, 4) is 0 Å². The molecule has 0 saturated heterocycles. The zero-order chi connectivity index (χ0) is 12.0. The van der Waals surface area contributed by atoms with Crippen molar-refractivity contribution in [3.05, 3.63) is 21.9 Å². The van der Waals surface area contributed by atoms with Crippen LogP contribution in [0.3, 0.4) is 0 Å². The highest BCUT2D eigenvalue weighted by Gasteiger charge is 2.20. The van der Waals surface area contributed by atoms with Crippen LogP contribution in [0.25, 0.3) is 0 Å². The fraction of sp³-hybridized carbons (Fsp3) is 0.714. The van der Waals surface area contributed by atoms with Crippen molar-refractivity contribution in [2.24, 2.45) is 5.92 Å². The molecule has 0 spiro atoms. The van der Waals surface area contributed by atoms with Crippen molar-refractivity contribution in [2.75, 3.05) is 6.54 Å². The third-order valence-electron chi connectivity index (χ3n) is 3.11. The smallest absolute Gasteiger partial charge is 0.0443 e. The average molecular weight is 239 g/mol. The van der Waals surface area contributed by atoms with Gasteiger partial charge in [-0.3, -0.25) is 0 Å². The zero-order valence-electron chi connectivity index (χ0n) is 11.0. The molecule has 0 fully saturated rings. The summed E-state index contributed by atoms with van der Waals surface area (Å²) in [5.74, 6) is 0.730. The molecule has 0 radical (unpaired) electrons. The van der Waals surface area contributed by atoms with Crippen molar-refractivity contribution in [3.63, 3.8) is 0 Å². The van der Waals surface area contributed by atoms with Crippen molar-refractivity contribution in [2.45, 2.75) is 53.0 Å². The molecule has 1 aromatic rings. The van der Waals surface area contributed by atoms with E-state index < -0.39 is 0 Å². The van der Waals surface area contributed by atoms with E-state index in [4.69, 9.17) is 0 Å². The molecule has 1 rings (SSSR count). The van der Waals surface area contributed by atoms with Gasteiger partial charge >= 0.3 is 0 Å². The van der Waals surface area contributed by atoms with E-state index in [0.717, 1.165) is 12.5 Å². The molecule has 1 aromatic heterocycles. The van der Waals surface area contributed by atoms with Gasteiger partial charge in [0.2, 0.25) is 0 Å². The zero-order valence-corrected chi connectivity index (χ0v) is 11.9. The minimum Gasteiger partial charge on any atom is -0.309 e. The normalized spacial score (nSPS) is 15.0. The predicted molar refractivity (Wildman–Crippen MR) is 74.2 cm³/mol. The van der Waals surface area contributed by atoms with Crippen molar-refractivity contribution < 1.29 is 0 Å². The Labute approximate surface area is 104 Å². The molecule has 1 nitrogen and oxygen atoms in total. The first-order valence-corrected chi connectivity index (χ1v) is 7.36. The van der Waals surface area contributed by atoms with Gasteiger partial charge in [-0.15, -0.1) is 11.3 Å². The summed E-state index contributed by atoms with van der Waals surface area (Å²) in [4.78, 5) is 1.54. The van der Waals surface area contributed by atoms with Gasteiger partial charge in [-0.05, 0) is 49.2 Å². The van der Waals surface area contributed by atoms with Crippen molar-refractivity contribution in [1.29, 1.82) is 0 Å². The Balaban J connectivity index is 2.74. The van der Waals surface area contributed by atoms with E-state index in [0.29, 0.717) is 6.04 Å². The van der Waals surface area contributed by atoms with Crippen LogP contribution in [-0.4, -0.2) is 6.54 Å². The lowest BCUT2D eigenvalue weighted by atomic mass is 9.94. The van der Waals surface area contributed by atoms with E-state index in [1.165, 1.54) is 29.7 Å². The highest BCUT2D eigenvalue weighted by atomic mass is 32.1. The van der Waals surface area contributed by atoms with Gasteiger partial charge in [-0.1, -0.05) is 27.2 Å². The van der Waals surface area contributed by atoms with Gasteiger partial charge in [0, 0.05) is 10.9 Å². The lowest BCUT2D eigenvalue weighted by Crippen LogP contribution is -2.27. The fourth-order valence-electron chi connectivity index (χ4n) is 2.18. The molecule has 92 valence electrons. The van der Waals surface area contributed by atoms with E-state index in [9.17, 15) is 0 Å². The molecular weight excluding hydrogens is 214 g/mol. The number of rotatable bonds is 7. The SMILES string of the molecule is CCCNC(c1sccc1C)C(C)CCC. The molecule has 2 unspecified atom stereocenters. The van der Waals surface area contributed by atoms with E-state index >= 15 is 0 Å². The maximum absolute atomic E-state index is 3.71.